The number of carbonyl (C=O) groups excluding carboxylic acids is 1. The third kappa shape index (κ3) is 4.14. The van der Waals surface area contributed by atoms with E-state index in [-0.39, 0.29) is 12.6 Å². The molecule has 2 N–H and O–H groups in total. The number of carboxylic acids is 1. The second-order valence-electron chi connectivity index (χ2n) is 5.36. The monoisotopic (exact) mass is 308 g/mol. The summed E-state index contributed by atoms with van der Waals surface area (Å²) in [5, 5.41) is 12.3. The Morgan fingerprint density at radius 1 is 1.38 bits per heavy atom. The number of likely N-dealkylation sites (tertiary alicyclic amines) is 1. The van der Waals surface area contributed by atoms with Crippen molar-refractivity contribution in [2.45, 2.75) is 30.4 Å². The summed E-state index contributed by atoms with van der Waals surface area (Å²) in [6, 6.07) is 7.44. The van der Waals surface area contributed by atoms with Crippen LogP contribution in [0.4, 0.5) is 10.5 Å². The first-order chi connectivity index (χ1) is 9.97. The van der Waals surface area contributed by atoms with Crippen molar-refractivity contribution in [1.82, 2.24) is 4.90 Å². The van der Waals surface area contributed by atoms with Crippen LogP contribution in [0.15, 0.2) is 29.2 Å². The molecule has 114 valence electrons. The van der Waals surface area contributed by atoms with Crippen molar-refractivity contribution in [3.63, 3.8) is 0 Å². The van der Waals surface area contributed by atoms with E-state index in [1.54, 1.807) is 16.7 Å². The van der Waals surface area contributed by atoms with Crippen LogP contribution in [0.3, 0.4) is 0 Å². The molecule has 6 heteroatoms. The number of rotatable bonds is 4. The molecule has 0 aliphatic carbocycles. The van der Waals surface area contributed by atoms with Gasteiger partial charge in [-0.2, -0.15) is 0 Å². The molecule has 1 fully saturated rings. The first kappa shape index (κ1) is 15.7. The van der Waals surface area contributed by atoms with Crippen molar-refractivity contribution in [2.75, 3.05) is 18.4 Å². The number of nitrogens with one attached hydrogen (secondary N) is 1. The standard InChI is InChI=1S/C15H20N2O3S/c1-10(2)21-13-6-4-3-5-12(13)16-15(20)17-8-7-11(9-17)14(18)19/h3-6,10-11H,7-9H2,1-2H3,(H,16,20)(H,18,19). The molecule has 1 atom stereocenters. The fourth-order valence-corrected chi connectivity index (χ4v) is 3.18. The minimum atomic E-state index is -0.832. The first-order valence-corrected chi connectivity index (χ1v) is 7.89. The Kier molecular flexibility index (Phi) is 5.12. The van der Waals surface area contributed by atoms with Crippen LogP contribution in [0.5, 0.6) is 0 Å². The van der Waals surface area contributed by atoms with Crippen LogP contribution in [-0.4, -0.2) is 40.3 Å². The van der Waals surface area contributed by atoms with Crippen LogP contribution in [-0.2, 0) is 4.79 Å². The molecule has 21 heavy (non-hydrogen) atoms. The molecule has 1 unspecified atom stereocenters. The average Bonchev–Trinajstić information content (AvgIpc) is 2.90. The molecule has 0 radical (unpaired) electrons. The van der Waals surface area contributed by atoms with Crippen molar-refractivity contribution in [1.29, 1.82) is 0 Å². The zero-order chi connectivity index (χ0) is 15.4. The maximum atomic E-state index is 12.2. The number of hydrogen-bond acceptors (Lipinski definition) is 3. The lowest BCUT2D eigenvalue weighted by Crippen LogP contribution is -2.33. The molecule has 1 saturated heterocycles. The number of carbonyl (C=O) groups is 2. The first-order valence-electron chi connectivity index (χ1n) is 7.01. The summed E-state index contributed by atoms with van der Waals surface area (Å²) in [6.07, 6.45) is 0.519. The van der Waals surface area contributed by atoms with Crippen molar-refractivity contribution < 1.29 is 14.7 Å². The molecule has 0 spiro atoms. The van der Waals surface area contributed by atoms with Gasteiger partial charge in [-0.15, -0.1) is 11.8 Å². The summed E-state index contributed by atoms with van der Waals surface area (Å²) in [5.41, 5.74) is 0.778. The predicted octanol–water partition coefficient (Wildman–Crippen LogP) is 3.13. The summed E-state index contributed by atoms with van der Waals surface area (Å²) in [4.78, 5) is 25.8. The Bertz CT molecular complexity index is 533. The minimum Gasteiger partial charge on any atom is -0.481 e. The largest absolute Gasteiger partial charge is 0.481 e. The Balaban J connectivity index is 2.02. The van der Waals surface area contributed by atoms with Crippen molar-refractivity contribution in [3.05, 3.63) is 24.3 Å². The van der Waals surface area contributed by atoms with Gasteiger partial charge in [0.25, 0.3) is 0 Å². The molecule has 0 aromatic heterocycles. The average molecular weight is 308 g/mol. The summed E-state index contributed by atoms with van der Waals surface area (Å²) in [7, 11) is 0. The van der Waals surface area contributed by atoms with E-state index < -0.39 is 11.9 Å². The summed E-state index contributed by atoms with van der Waals surface area (Å²) in [5.74, 6) is -1.28. The Labute approximate surface area is 128 Å². The lowest BCUT2D eigenvalue weighted by molar-refractivity contribution is -0.141. The molecule has 0 bridgehead atoms. The lowest BCUT2D eigenvalue weighted by atomic mass is 10.1. The number of nitrogens with zero attached hydrogens (tertiary/aromatic N) is 1. The maximum absolute atomic E-state index is 12.2. The molecule has 0 saturated carbocycles. The van der Waals surface area contributed by atoms with Crippen LogP contribution < -0.4 is 5.32 Å². The normalized spacial score (nSPS) is 18.0. The number of thioether (sulfide) groups is 1. The van der Waals surface area contributed by atoms with Crippen LogP contribution >= 0.6 is 11.8 Å². The fourth-order valence-electron chi connectivity index (χ4n) is 2.27. The molecular weight excluding hydrogens is 288 g/mol. The van der Waals surface area contributed by atoms with Gasteiger partial charge in [0.15, 0.2) is 0 Å². The third-order valence-corrected chi connectivity index (χ3v) is 4.40. The van der Waals surface area contributed by atoms with Gasteiger partial charge in [-0.3, -0.25) is 4.79 Å². The van der Waals surface area contributed by atoms with E-state index in [0.717, 1.165) is 10.6 Å². The van der Waals surface area contributed by atoms with Gasteiger partial charge >= 0.3 is 12.0 Å². The Morgan fingerprint density at radius 2 is 2.10 bits per heavy atom. The molecule has 1 aromatic carbocycles. The Hall–Kier alpha value is -1.69. The van der Waals surface area contributed by atoms with Gasteiger partial charge in [0.2, 0.25) is 0 Å². The molecule has 5 nitrogen and oxygen atoms in total. The number of benzene rings is 1. The van der Waals surface area contributed by atoms with Crippen LogP contribution in [0.1, 0.15) is 20.3 Å². The lowest BCUT2D eigenvalue weighted by Gasteiger charge is -2.18. The topological polar surface area (TPSA) is 69.6 Å². The van der Waals surface area contributed by atoms with Gasteiger partial charge in [-0.1, -0.05) is 26.0 Å². The molecule has 1 aliphatic heterocycles. The van der Waals surface area contributed by atoms with Gasteiger partial charge in [-0.25, -0.2) is 4.79 Å². The van der Waals surface area contributed by atoms with Crippen molar-refractivity contribution >= 4 is 29.4 Å². The second kappa shape index (κ2) is 6.85. The van der Waals surface area contributed by atoms with Gasteiger partial charge < -0.3 is 15.3 Å². The number of urea groups is 1. The van der Waals surface area contributed by atoms with Gasteiger partial charge in [0, 0.05) is 23.2 Å². The SMILES string of the molecule is CC(C)Sc1ccccc1NC(=O)N1CCC(C(=O)O)C1. The van der Waals surface area contributed by atoms with E-state index in [0.29, 0.717) is 18.2 Å². The smallest absolute Gasteiger partial charge is 0.321 e. The highest BCUT2D eigenvalue weighted by Crippen LogP contribution is 2.30. The molecular formula is C15H20N2O3S. The van der Waals surface area contributed by atoms with E-state index in [1.165, 1.54) is 0 Å². The van der Waals surface area contributed by atoms with Gasteiger partial charge in [0.1, 0.15) is 0 Å². The number of para-hydroxylation sites is 1. The van der Waals surface area contributed by atoms with Crippen LogP contribution in [0.25, 0.3) is 0 Å². The fraction of sp³-hybridized carbons (Fsp3) is 0.467. The van der Waals surface area contributed by atoms with Crippen LogP contribution in [0.2, 0.25) is 0 Å². The second-order valence-corrected chi connectivity index (χ2v) is 6.98. The molecule has 1 heterocycles. The Morgan fingerprint density at radius 3 is 2.71 bits per heavy atom. The summed E-state index contributed by atoms with van der Waals surface area (Å²) < 4.78 is 0. The summed E-state index contributed by atoms with van der Waals surface area (Å²) >= 11 is 1.69. The molecule has 2 amide bonds. The van der Waals surface area contributed by atoms with E-state index in [1.807, 2.05) is 24.3 Å². The number of amides is 2. The molecule has 1 aromatic rings. The quantitative estimate of drug-likeness (QED) is 0.838. The maximum Gasteiger partial charge on any atom is 0.321 e. The van der Waals surface area contributed by atoms with Crippen molar-refractivity contribution in [3.8, 4) is 0 Å². The zero-order valence-corrected chi connectivity index (χ0v) is 13.0. The number of anilines is 1. The minimum absolute atomic E-state index is 0.226. The number of carboxylic acid groups (broad SMARTS) is 1. The van der Waals surface area contributed by atoms with Crippen molar-refractivity contribution in [2.24, 2.45) is 5.92 Å². The van der Waals surface area contributed by atoms with E-state index in [9.17, 15) is 9.59 Å². The molecule has 2 rings (SSSR count). The number of hydrogen-bond donors (Lipinski definition) is 2. The zero-order valence-electron chi connectivity index (χ0n) is 12.2. The van der Waals surface area contributed by atoms with Gasteiger partial charge in [0.05, 0.1) is 11.6 Å². The highest BCUT2D eigenvalue weighted by atomic mass is 32.2. The number of aliphatic carboxylic acids is 1. The van der Waals surface area contributed by atoms with Crippen LogP contribution in [0, 0.1) is 5.92 Å². The predicted molar refractivity (Wildman–Crippen MR) is 83.8 cm³/mol. The highest BCUT2D eigenvalue weighted by Gasteiger charge is 2.31. The third-order valence-electron chi connectivity index (χ3n) is 3.32. The summed E-state index contributed by atoms with van der Waals surface area (Å²) in [6.45, 7) is 4.96. The van der Waals surface area contributed by atoms with E-state index in [4.69, 9.17) is 5.11 Å². The van der Waals surface area contributed by atoms with E-state index >= 15 is 0 Å². The van der Waals surface area contributed by atoms with Gasteiger partial charge in [-0.05, 0) is 18.6 Å². The molecule has 1 aliphatic rings. The highest BCUT2D eigenvalue weighted by molar-refractivity contribution is 8.00. The van der Waals surface area contributed by atoms with E-state index in [2.05, 4.69) is 19.2 Å².